The predicted octanol–water partition coefficient (Wildman–Crippen LogP) is 5.26. The summed E-state index contributed by atoms with van der Waals surface area (Å²) in [6.07, 6.45) is 1.81. The molecule has 3 aromatic rings. The predicted molar refractivity (Wildman–Crippen MR) is 88.2 cm³/mol. The average Bonchev–Trinajstić information content (AvgIpc) is 2.46. The topological polar surface area (TPSA) is 24.9 Å². The fourth-order valence-electron chi connectivity index (χ4n) is 2.11. The first-order valence-corrected chi connectivity index (χ1v) is 7.43. The fraction of sp³-hybridized carbons (Fsp3) is 0.0625. The van der Waals surface area contributed by atoms with Crippen molar-refractivity contribution in [3.63, 3.8) is 0 Å². The molecule has 1 heterocycles. The van der Waals surface area contributed by atoms with Gasteiger partial charge in [0, 0.05) is 33.3 Å². The Balaban J connectivity index is 1.87. The Hall–Kier alpha value is -1.58. The van der Waals surface area contributed by atoms with Crippen LogP contribution in [0, 0.1) is 0 Å². The number of rotatable bonds is 3. The first-order chi connectivity index (χ1) is 9.74. The maximum atomic E-state index is 5.95. The van der Waals surface area contributed by atoms with Crippen molar-refractivity contribution < 1.29 is 0 Å². The highest BCUT2D eigenvalue weighted by atomic mass is 79.9. The molecule has 0 amide bonds. The lowest BCUT2D eigenvalue weighted by Gasteiger charge is -2.11. The molecule has 0 saturated carbocycles. The second kappa shape index (κ2) is 5.81. The number of anilines is 1. The second-order valence-corrected chi connectivity index (χ2v) is 5.76. The maximum Gasteiger partial charge on any atom is 0.0722 e. The number of hydrogen-bond acceptors (Lipinski definition) is 2. The van der Waals surface area contributed by atoms with E-state index < -0.39 is 0 Å². The third-order valence-corrected chi connectivity index (χ3v) is 4.10. The minimum Gasteiger partial charge on any atom is -0.380 e. The van der Waals surface area contributed by atoms with Crippen LogP contribution in [0.25, 0.3) is 10.9 Å². The van der Waals surface area contributed by atoms with Crippen molar-refractivity contribution >= 4 is 44.1 Å². The van der Waals surface area contributed by atoms with Crippen LogP contribution in [0.5, 0.6) is 0 Å². The quantitative estimate of drug-likeness (QED) is 0.699. The molecule has 0 saturated heterocycles. The molecule has 0 spiro atoms. The van der Waals surface area contributed by atoms with E-state index in [0.717, 1.165) is 38.2 Å². The summed E-state index contributed by atoms with van der Waals surface area (Å²) in [5, 5.41) is 5.31. The van der Waals surface area contributed by atoms with Gasteiger partial charge < -0.3 is 5.32 Å². The van der Waals surface area contributed by atoms with Crippen molar-refractivity contribution in [1.82, 2.24) is 4.98 Å². The fourth-order valence-corrected chi connectivity index (χ4v) is 2.94. The SMILES string of the molecule is Clc1ccc(CNc2cccc3ncccc23)c(Br)c1. The molecule has 0 bridgehead atoms. The van der Waals surface area contributed by atoms with Gasteiger partial charge in [0.1, 0.15) is 0 Å². The Labute approximate surface area is 130 Å². The van der Waals surface area contributed by atoms with Crippen LogP contribution >= 0.6 is 27.5 Å². The third-order valence-electron chi connectivity index (χ3n) is 3.13. The lowest BCUT2D eigenvalue weighted by Crippen LogP contribution is -2.00. The summed E-state index contributed by atoms with van der Waals surface area (Å²) < 4.78 is 1.01. The molecule has 0 aliphatic heterocycles. The van der Waals surface area contributed by atoms with Crippen LogP contribution in [0.15, 0.2) is 59.2 Å². The van der Waals surface area contributed by atoms with E-state index in [4.69, 9.17) is 11.6 Å². The normalized spacial score (nSPS) is 10.7. The molecule has 2 nitrogen and oxygen atoms in total. The van der Waals surface area contributed by atoms with Crippen LogP contribution in [-0.4, -0.2) is 4.98 Å². The van der Waals surface area contributed by atoms with Gasteiger partial charge in [0.2, 0.25) is 0 Å². The highest BCUT2D eigenvalue weighted by Crippen LogP contribution is 2.25. The first-order valence-electron chi connectivity index (χ1n) is 6.25. The van der Waals surface area contributed by atoms with E-state index in [1.165, 1.54) is 0 Å². The van der Waals surface area contributed by atoms with Crippen LogP contribution in [0.4, 0.5) is 5.69 Å². The zero-order valence-electron chi connectivity index (χ0n) is 10.6. The van der Waals surface area contributed by atoms with E-state index in [1.807, 2.05) is 42.6 Å². The molecule has 0 unspecified atom stereocenters. The molecule has 1 aromatic heterocycles. The van der Waals surface area contributed by atoms with Crippen molar-refractivity contribution in [3.8, 4) is 0 Å². The molecule has 0 radical (unpaired) electrons. The molecular weight excluding hydrogens is 336 g/mol. The molecule has 3 rings (SSSR count). The van der Waals surface area contributed by atoms with Crippen LogP contribution in [0.3, 0.4) is 0 Å². The van der Waals surface area contributed by atoms with Gasteiger partial charge >= 0.3 is 0 Å². The Morgan fingerprint density at radius 1 is 1.10 bits per heavy atom. The van der Waals surface area contributed by atoms with Gasteiger partial charge in [-0.05, 0) is 42.0 Å². The minimum absolute atomic E-state index is 0.728. The molecule has 20 heavy (non-hydrogen) atoms. The zero-order chi connectivity index (χ0) is 13.9. The summed E-state index contributed by atoms with van der Waals surface area (Å²) in [5.41, 5.74) is 3.24. The third kappa shape index (κ3) is 2.79. The number of nitrogens with zero attached hydrogens (tertiary/aromatic N) is 1. The number of pyridine rings is 1. The summed E-state index contributed by atoms with van der Waals surface area (Å²) in [5.74, 6) is 0. The highest BCUT2D eigenvalue weighted by Gasteiger charge is 2.03. The van der Waals surface area contributed by atoms with E-state index in [9.17, 15) is 0 Å². The Kier molecular flexibility index (Phi) is 3.90. The summed E-state index contributed by atoms with van der Waals surface area (Å²) in [6, 6.07) is 15.9. The van der Waals surface area contributed by atoms with E-state index in [-0.39, 0.29) is 0 Å². The smallest absolute Gasteiger partial charge is 0.0722 e. The number of fused-ring (bicyclic) bond motifs is 1. The van der Waals surface area contributed by atoms with Crippen molar-refractivity contribution in [2.45, 2.75) is 6.54 Å². The number of benzene rings is 2. The van der Waals surface area contributed by atoms with Gasteiger partial charge in [-0.15, -0.1) is 0 Å². The van der Waals surface area contributed by atoms with Crippen LogP contribution < -0.4 is 5.32 Å². The molecule has 4 heteroatoms. The Bertz CT molecular complexity index is 753. The summed E-state index contributed by atoms with van der Waals surface area (Å²) in [6.45, 7) is 0.728. The van der Waals surface area contributed by atoms with Crippen molar-refractivity contribution in [1.29, 1.82) is 0 Å². The molecule has 2 aromatic carbocycles. The summed E-state index contributed by atoms with van der Waals surface area (Å²) in [4.78, 5) is 4.36. The number of halogens is 2. The molecule has 0 aliphatic carbocycles. The van der Waals surface area contributed by atoms with E-state index in [2.05, 4.69) is 38.4 Å². The van der Waals surface area contributed by atoms with Gasteiger partial charge in [-0.25, -0.2) is 0 Å². The largest absolute Gasteiger partial charge is 0.380 e. The standard InChI is InChI=1S/C16H12BrClN2/c17-14-9-12(18)7-6-11(14)10-20-16-5-1-4-15-13(16)3-2-8-19-15/h1-9,20H,10H2. The van der Waals surface area contributed by atoms with Gasteiger partial charge in [-0.1, -0.05) is 39.7 Å². The molecule has 100 valence electrons. The van der Waals surface area contributed by atoms with E-state index >= 15 is 0 Å². The summed E-state index contributed by atoms with van der Waals surface area (Å²) >= 11 is 9.49. The molecule has 0 fully saturated rings. The van der Waals surface area contributed by atoms with Crippen molar-refractivity contribution in [2.75, 3.05) is 5.32 Å². The van der Waals surface area contributed by atoms with Crippen molar-refractivity contribution in [2.24, 2.45) is 0 Å². The van der Waals surface area contributed by atoms with Crippen LogP contribution in [0.2, 0.25) is 5.02 Å². The van der Waals surface area contributed by atoms with Gasteiger partial charge in [0.15, 0.2) is 0 Å². The minimum atomic E-state index is 0.728. The number of aromatic nitrogens is 1. The van der Waals surface area contributed by atoms with Gasteiger partial charge in [0.05, 0.1) is 5.52 Å². The van der Waals surface area contributed by atoms with Gasteiger partial charge in [-0.2, -0.15) is 0 Å². The number of nitrogens with one attached hydrogen (secondary N) is 1. The van der Waals surface area contributed by atoms with Gasteiger partial charge in [0.25, 0.3) is 0 Å². The highest BCUT2D eigenvalue weighted by molar-refractivity contribution is 9.10. The van der Waals surface area contributed by atoms with Gasteiger partial charge in [-0.3, -0.25) is 4.98 Å². The van der Waals surface area contributed by atoms with E-state index in [1.54, 1.807) is 0 Å². The Morgan fingerprint density at radius 3 is 2.85 bits per heavy atom. The summed E-state index contributed by atoms with van der Waals surface area (Å²) in [7, 11) is 0. The monoisotopic (exact) mass is 346 g/mol. The zero-order valence-corrected chi connectivity index (χ0v) is 12.9. The van der Waals surface area contributed by atoms with Crippen molar-refractivity contribution in [3.05, 3.63) is 69.8 Å². The molecule has 0 aliphatic rings. The van der Waals surface area contributed by atoms with Crippen LogP contribution in [-0.2, 0) is 6.54 Å². The van der Waals surface area contributed by atoms with Crippen LogP contribution in [0.1, 0.15) is 5.56 Å². The molecule has 1 N–H and O–H groups in total. The maximum absolute atomic E-state index is 5.95. The number of hydrogen-bond donors (Lipinski definition) is 1. The van der Waals surface area contributed by atoms with E-state index in [0.29, 0.717) is 0 Å². The second-order valence-electron chi connectivity index (χ2n) is 4.46. The Morgan fingerprint density at radius 2 is 2.00 bits per heavy atom. The lowest BCUT2D eigenvalue weighted by atomic mass is 10.1. The first kappa shape index (κ1) is 13.4. The molecule has 0 atom stereocenters. The molecular formula is C16H12BrClN2. The average molecular weight is 348 g/mol. The lowest BCUT2D eigenvalue weighted by molar-refractivity contribution is 1.14.